The second-order valence-electron chi connectivity index (χ2n) is 1.59. The molecule has 0 saturated carbocycles. The Balaban J connectivity index is -0.0000000313. The minimum atomic E-state index is -0.992. The molecule has 0 radical (unpaired) electrons. The number of allylic oxidation sites excluding steroid dienone is 4. The summed E-state index contributed by atoms with van der Waals surface area (Å²) < 4.78 is 9.11. The van der Waals surface area contributed by atoms with Crippen LogP contribution in [0.5, 0.6) is 0 Å². The van der Waals surface area contributed by atoms with Crippen LogP contribution in [0.4, 0.5) is 0 Å². The van der Waals surface area contributed by atoms with Crippen LogP contribution in [-0.2, 0) is 24.7 Å². The molecule has 0 aromatic rings. The van der Waals surface area contributed by atoms with E-state index in [0.717, 1.165) is 6.42 Å². The van der Waals surface area contributed by atoms with E-state index in [1.165, 1.54) is 0 Å². The summed E-state index contributed by atoms with van der Waals surface area (Å²) in [5, 5.41) is 15.2. The van der Waals surface area contributed by atoms with Gasteiger partial charge in [0.15, 0.2) is 0 Å². The van der Waals surface area contributed by atoms with E-state index >= 15 is 0 Å². The van der Waals surface area contributed by atoms with Crippen molar-refractivity contribution in [2.75, 3.05) is 13.2 Å². The summed E-state index contributed by atoms with van der Waals surface area (Å²) in [7, 11) is 0. The Morgan fingerprint density at radius 1 is 1.33 bits per heavy atom. The minimum absolute atomic E-state index is 0. The molecule has 2 N–H and O–H groups in total. The maximum absolute atomic E-state index is 9.11. The van der Waals surface area contributed by atoms with Crippen LogP contribution in [-0.4, -0.2) is 30.3 Å². The third-order valence-corrected chi connectivity index (χ3v) is 0.686. The molecule has 0 heterocycles. The van der Waals surface area contributed by atoms with Crippen LogP contribution in [0, 0.1) is 13.5 Å². The van der Waals surface area contributed by atoms with Crippen molar-refractivity contribution in [3.63, 3.8) is 0 Å². The second kappa shape index (κ2) is 36.4. The summed E-state index contributed by atoms with van der Waals surface area (Å²) >= 11 is -0.992. The Morgan fingerprint density at radius 3 is 1.80 bits per heavy atom. The summed E-state index contributed by atoms with van der Waals surface area (Å²) in [5.41, 5.74) is 0. The molecule has 0 atom stereocenters. The van der Waals surface area contributed by atoms with Gasteiger partial charge in [-0.1, -0.05) is 0 Å². The first-order valence-electron chi connectivity index (χ1n) is 3.41. The van der Waals surface area contributed by atoms with Crippen molar-refractivity contribution in [1.29, 1.82) is 0 Å². The first kappa shape index (κ1) is 29.7. The van der Waals surface area contributed by atoms with Crippen molar-refractivity contribution in [1.82, 2.24) is 0 Å². The molecule has 92 valence electrons. The molecular formula is C8H18Cl2O3SiZr-2. The second-order valence-corrected chi connectivity index (χ2v) is 4.01. The van der Waals surface area contributed by atoms with Crippen LogP contribution in [0.15, 0.2) is 18.2 Å². The Bertz CT molecular complexity index is 159. The van der Waals surface area contributed by atoms with Gasteiger partial charge in [0.05, 0.1) is 13.2 Å². The molecular weight excluding hydrogens is 334 g/mol. The molecule has 1 aliphatic rings. The predicted octanol–water partition coefficient (Wildman–Crippen LogP) is 0.533. The van der Waals surface area contributed by atoms with Crippen LogP contribution >= 0.6 is 24.8 Å². The van der Waals surface area contributed by atoms with Crippen LogP contribution in [0.1, 0.15) is 6.42 Å². The molecule has 0 unspecified atom stereocenters. The molecule has 0 bridgehead atoms. The fraction of sp³-hybridized carbons (Fsp3) is 0.375. The van der Waals surface area contributed by atoms with E-state index < -0.39 is 21.9 Å². The first-order chi connectivity index (χ1) is 5.83. The molecule has 3 nitrogen and oxygen atoms in total. The summed E-state index contributed by atoms with van der Waals surface area (Å²) in [4.78, 5) is 0. The molecule has 7 heteroatoms. The van der Waals surface area contributed by atoms with Crippen LogP contribution in [0.25, 0.3) is 0 Å². The number of hydrogen-bond acceptors (Lipinski definition) is 3. The average molecular weight is 352 g/mol. The number of aliphatic hydroxyl groups is 2. The van der Waals surface area contributed by atoms with Gasteiger partial charge in [0.1, 0.15) is 0 Å². The Kier molecular flexibility index (Phi) is 72.0. The topological polar surface area (TPSA) is 57.5 Å². The summed E-state index contributed by atoms with van der Waals surface area (Å²) in [6.07, 6.45) is 10.0. The zero-order valence-electron chi connectivity index (χ0n) is 8.68. The van der Waals surface area contributed by atoms with Gasteiger partial charge in [0.2, 0.25) is 0 Å². The fourth-order valence-corrected chi connectivity index (χ4v) is 0.340. The van der Waals surface area contributed by atoms with Gasteiger partial charge in [-0.05, 0) is 0 Å². The van der Waals surface area contributed by atoms with Gasteiger partial charge in [-0.25, -0.2) is 12.2 Å². The summed E-state index contributed by atoms with van der Waals surface area (Å²) in [5.74, 6) is 0. The van der Waals surface area contributed by atoms with E-state index in [-0.39, 0.29) is 45.5 Å². The van der Waals surface area contributed by atoms with E-state index in [2.05, 4.69) is 12.2 Å². The molecule has 0 saturated heterocycles. The fourth-order valence-electron chi connectivity index (χ4n) is 0.340. The molecule has 0 fully saturated rings. The Hall–Kier alpha value is 0.880. The number of hydrogen-bond donors (Lipinski definition) is 2. The van der Waals surface area contributed by atoms with Crippen molar-refractivity contribution in [2.45, 2.75) is 6.42 Å². The van der Waals surface area contributed by atoms with Crippen LogP contribution < -0.4 is 0 Å². The van der Waals surface area contributed by atoms with E-state index in [4.69, 9.17) is 13.0 Å². The summed E-state index contributed by atoms with van der Waals surface area (Å²) in [6.45, 7) is 1.34. The predicted molar refractivity (Wildman–Crippen MR) is 65.9 cm³/mol. The quantitative estimate of drug-likeness (QED) is 0.535. The van der Waals surface area contributed by atoms with Gasteiger partial charge >= 0.3 is 31.5 Å². The first-order valence-corrected chi connectivity index (χ1v) is 10.3. The van der Waals surface area contributed by atoms with Gasteiger partial charge in [-0.2, -0.15) is 6.08 Å². The molecule has 0 aromatic heterocycles. The average Bonchev–Trinajstić information content (AvgIpc) is 2.62. The maximum atomic E-state index is 9.11. The van der Waals surface area contributed by atoms with Gasteiger partial charge in [-0.3, -0.25) is 6.08 Å². The van der Waals surface area contributed by atoms with Gasteiger partial charge < -0.3 is 17.6 Å². The van der Waals surface area contributed by atoms with Gasteiger partial charge in [-0.15, -0.1) is 31.2 Å². The molecule has 0 aliphatic heterocycles. The molecule has 0 amide bonds. The van der Waals surface area contributed by atoms with E-state index in [1.54, 1.807) is 6.88 Å². The van der Waals surface area contributed by atoms with Crippen molar-refractivity contribution >= 4 is 31.7 Å². The molecule has 1 rings (SSSR count). The number of rotatable bonds is 1. The molecule has 0 aromatic carbocycles. The van der Waals surface area contributed by atoms with Crippen LogP contribution in [0.2, 0.25) is 0 Å². The van der Waals surface area contributed by atoms with E-state index in [1.807, 2.05) is 12.2 Å². The zero-order chi connectivity index (χ0) is 9.66. The zero-order valence-corrected chi connectivity index (χ0v) is 14.2. The van der Waals surface area contributed by atoms with E-state index in [9.17, 15) is 0 Å². The SMILES string of the molecule is Cl.Cl.OCCO.[C-]1=CC=CC1.[CH3-].[O]=[Zr]=[SiH2]. The van der Waals surface area contributed by atoms with Crippen molar-refractivity contribution in [3.8, 4) is 0 Å². The Morgan fingerprint density at radius 2 is 1.73 bits per heavy atom. The van der Waals surface area contributed by atoms with Gasteiger partial charge in [0, 0.05) is 0 Å². The van der Waals surface area contributed by atoms with Crippen molar-refractivity contribution < 1.29 is 34.9 Å². The number of aliphatic hydroxyl groups excluding tert-OH is 2. The van der Waals surface area contributed by atoms with Crippen molar-refractivity contribution in [2.24, 2.45) is 0 Å². The normalized spacial score (nSPS) is 8.40. The molecule has 0 spiro atoms. The van der Waals surface area contributed by atoms with E-state index in [0.29, 0.717) is 0 Å². The Labute approximate surface area is 117 Å². The standard InChI is InChI=1S/C5H5.C2H6O2.CH3.2ClH.O.H2Si.Zr/c1-2-4-5-3-1;3-1-2-4;;;;;;/h1-3H,4H2;3-4H,1-2H2;1H3;2*1H;;1H2;/q-1;;-1;;;;;. The monoisotopic (exact) mass is 350 g/mol. The third kappa shape index (κ3) is 52.2. The summed E-state index contributed by atoms with van der Waals surface area (Å²) in [6, 6.07) is 0. The molecule has 15 heavy (non-hydrogen) atoms. The third-order valence-electron chi connectivity index (χ3n) is 0.686. The van der Waals surface area contributed by atoms with Crippen molar-refractivity contribution in [3.05, 3.63) is 31.7 Å². The van der Waals surface area contributed by atoms with Gasteiger partial charge in [0.25, 0.3) is 0 Å². The molecule has 1 aliphatic carbocycles. The number of halogens is 2. The van der Waals surface area contributed by atoms with Crippen LogP contribution in [0.3, 0.4) is 0 Å².